The molecular formula is C10H8Cl2N2O4. The number of hydrogen-bond acceptors (Lipinski definition) is 4. The lowest BCUT2D eigenvalue weighted by molar-refractivity contribution is -0.384. The van der Waals surface area contributed by atoms with Crippen LogP contribution in [-0.2, 0) is 4.79 Å². The van der Waals surface area contributed by atoms with Gasteiger partial charge in [-0.2, -0.15) is 0 Å². The minimum Gasteiger partial charge on any atom is -0.481 e. The monoisotopic (exact) mass is 290 g/mol. The van der Waals surface area contributed by atoms with Crippen molar-refractivity contribution >= 4 is 40.5 Å². The lowest BCUT2D eigenvalue weighted by Gasteiger charge is -2.38. The van der Waals surface area contributed by atoms with Gasteiger partial charge < -0.3 is 10.0 Å². The first-order valence-corrected chi connectivity index (χ1v) is 5.77. The first-order chi connectivity index (χ1) is 8.40. The fourth-order valence-corrected chi connectivity index (χ4v) is 2.07. The van der Waals surface area contributed by atoms with Gasteiger partial charge in [0.15, 0.2) is 0 Å². The van der Waals surface area contributed by atoms with Crippen molar-refractivity contribution in [2.24, 2.45) is 5.92 Å². The molecule has 0 atom stereocenters. The second-order valence-electron chi connectivity index (χ2n) is 3.95. The van der Waals surface area contributed by atoms with Crippen molar-refractivity contribution in [2.75, 3.05) is 18.0 Å². The highest BCUT2D eigenvalue weighted by atomic mass is 35.5. The summed E-state index contributed by atoms with van der Waals surface area (Å²) in [6.45, 7) is 0.461. The van der Waals surface area contributed by atoms with Gasteiger partial charge in [0, 0.05) is 19.2 Å². The van der Waals surface area contributed by atoms with Crippen LogP contribution in [0, 0.1) is 16.0 Å². The highest BCUT2D eigenvalue weighted by Gasteiger charge is 2.36. The molecule has 0 aromatic heterocycles. The zero-order chi connectivity index (χ0) is 13.4. The third-order valence-corrected chi connectivity index (χ3v) is 3.51. The van der Waals surface area contributed by atoms with Crippen LogP contribution in [-0.4, -0.2) is 29.1 Å². The molecular weight excluding hydrogens is 283 g/mol. The van der Waals surface area contributed by atoms with Crippen LogP contribution < -0.4 is 4.90 Å². The van der Waals surface area contributed by atoms with E-state index in [0.29, 0.717) is 5.69 Å². The molecule has 0 unspecified atom stereocenters. The Morgan fingerprint density at radius 3 is 2.44 bits per heavy atom. The summed E-state index contributed by atoms with van der Waals surface area (Å²) in [4.78, 5) is 22.6. The van der Waals surface area contributed by atoms with Gasteiger partial charge in [0.1, 0.15) is 5.69 Å². The molecule has 1 aliphatic heterocycles. The number of carbonyl (C=O) groups is 1. The zero-order valence-electron chi connectivity index (χ0n) is 8.97. The second-order valence-corrected chi connectivity index (χ2v) is 4.77. The van der Waals surface area contributed by atoms with Crippen LogP contribution in [0.1, 0.15) is 0 Å². The Hall–Kier alpha value is -1.53. The van der Waals surface area contributed by atoms with Gasteiger partial charge >= 0.3 is 5.97 Å². The van der Waals surface area contributed by atoms with E-state index in [4.69, 9.17) is 28.3 Å². The van der Waals surface area contributed by atoms with Gasteiger partial charge in [-0.15, -0.1) is 0 Å². The van der Waals surface area contributed by atoms with E-state index in [1.54, 1.807) is 4.90 Å². The number of aliphatic carboxylic acids is 1. The molecule has 1 aliphatic rings. The van der Waals surface area contributed by atoms with E-state index < -0.39 is 16.8 Å². The Balaban J connectivity index is 2.31. The van der Waals surface area contributed by atoms with E-state index in [2.05, 4.69) is 0 Å². The molecule has 18 heavy (non-hydrogen) atoms. The summed E-state index contributed by atoms with van der Waals surface area (Å²) in [6.07, 6.45) is 0. The fourth-order valence-electron chi connectivity index (χ4n) is 1.76. The lowest BCUT2D eigenvalue weighted by atomic mass is 9.99. The summed E-state index contributed by atoms with van der Waals surface area (Å²) in [5.41, 5.74) is 0.125. The molecule has 6 nitrogen and oxygen atoms in total. The highest BCUT2D eigenvalue weighted by Crippen LogP contribution is 2.38. The largest absolute Gasteiger partial charge is 0.481 e. The van der Waals surface area contributed by atoms with Crippen molar-refractivity contribution < 1.29 is 14.8 Å². The third kappa shape index (κ3) is 2.21. The summed E-state index contributed by atoms with van der Waals surface area (Å²) < 4.78 is 0. The number of anilines is 1. The Bertz CT molecular complexity index is 529. The van der Waals surface area contributed by atoms with Crippen LogP contribution in [0.2, 0.25) is 10.0 Å². The van der Waals surface area contributed by atoms with Crippen molar-refractivity contribution in [2.45, 2.75) is 0 Å². The minimum atomic E-state index is -0.908. The minimum absolute atomic E-state index is 0.0995. The molecule has 0 amide bonds. The van der Waals surface area contributed by atoms with Gasteiger partial charge in [-0.05, 0) is 6.07 Å². The molecule has 0 bridgehead atoms. The lowest BCUT2D eigenvalue weighted by Crippen LogP contribution is -2.50. The highest BCUT2D eigenvalue weighted by molar-refractivity contribution is 6.42. The smallest absolute Gasteiger partial charge is 0.310 e. The van der Waals surface area contributed by atoms with Crippen LogP contribution in [0.15, 0.2) is 12.1 Å². The predicted molar refractivity (Wildman–Crippen MR) is 66.5 cm³/mol. The predicted octanol–water partition coefficient (Wildman–Crippen LogP) is 2.42. The molecule has 0 saturated carbocycles. The molecule has 1 N–H and O–H groups in total. The van der Waals surface area contributed by atoms with Crippen molar-refractivity contribution in [3.63, 3.8) is 0 Å². The Morgan fingerprint density at radius 1 is 1.39 bits per heavy atom. The standard InChI is InChI=1S/C10H8Cl2N2O4/c11-6-1-8(9(14(17)18)2-7(6)12)13-3-5(4-13)10(15)16/h1-2,5H,3-4H2,(H,15,16). The number of nitro groups is 1. The van der Waals surface area contributed by atoms with Crippen LogP contribution in [0.4, 0.5) is 11.4 Å². The van der Waals surface area contributed by atoms with Gasteiger partial charge in [0.2, 0.25) is 0 Å². The molecule has 1 heterocycles. The average Bonchev–Trinajstić information content (AvgIpc) is 2.19. The van der Waals surface area contributed by atoms with Gasteiger partial charge in [-0.25, -0.2) is 0 Å². The van der Waals surface area contributed by atoms with E-state index in [9.17, 15) is 14.9 Å². The molecule has 8 heteroatoms. The maximum atomic E-state index is 10.9. The Morgan fingerprint density at radius 2 is 1.94 bits per heavy atom. The molecule has 2 rings (SSSR count). The Kier molecular flexibility index (Phi) is 3.32. The summed E-state index contributed by atoms with van der Waals surface area (Å²) >= 11 is 11.5. The SMILES string of the molecule is O=C(O)C1CN(c2cc(Cl)c(Cl)cc2[N+](=O)[O-])C1. The van der Waals surface area contributed by atoms with E-state index in [1.807, 2.05) is 0 Å². The maximum Gasteiger partial charge on any atom is 0.310 e. The second kappa shape index (κ2) is 4.62. The summed E-state index contributed by atoms with van der Waals surface area (Å²) in [7, 11) is 0. The van der Waals surface area contributed by atoms with Crippen LogP contribution in [0.25, 0.3) is 0 Å². The fraction of sp³-hybridized carbons (Fsp3) is 0.300. The van der Waals surface area contributed by atoms with Crippen molar-refractivity contribution in [3.8, 4) is 0 Å². The number of rotatable bonds is 3. The van der Waals surface area contributed by atoms with Crippen molar-refractivity contribution in [3.05, 3.63) is 32.3 Å². The van der Waals surface area contributed by atoms with Crippen LogP contribution in [0.3, 0.4) is 0 Å². The van der Waals surface area contributed by atoms with Crippen molar-refractivity contribution in [1.29, 1.82) is 0 Å². The summed E-state index contributed by atoms with van der Waals surface area (Å²) in [6, 6.07) is 2.56. The summed E-state index contributed by atoms with van der Waals surface area (Å²) in [5, 5.41) is 20.0. The number of halogens is 2. The average molecular weight is 291 g/mol. The molecule has 1 aromatic carbocycles. The first kappa shape index (κ1) is 12.9. The number of carboxylic acids is 1. The normalized spacial score (nSPS) is 15.3. The van der Waals surface area contributed by atoms with Gasteiger partial charge in [-0.3, -0.25) is 14.9 Å². The topological polar surface area (TPSA) is 83.7 Å². The number of nitro benzene ring substituents is 1. The van der Waals surface area contributed by atoms with E-state index in [0.717, 1.165) is 0 Å². The van der Waals surface area contributed by atoms with Crippen LogP contribution >= 0.6 is 23.2 Å². The Labute approximate surface area is 112 Å². The molecule has 0 radical (unpaired) electrons. The molecule has 1 saturated heterocycles. The molecule has 1 fully saturated rings. The van der Waals surface area contributed by atoms with Crippen molar-refractivity contribution in [1.82, 2.24) is 0 Å². The first-order valence-electron chi connectivity index (χ1n) is 5.01. The molecule has 96 valence electrons. The third-order valence-electron chi connectivity index (χ3n) is 2.79. The van der Waals surface area contributed by atoms with E-state index in [-0.39, 0.29) is 28.8 Å². The number of carboxylic acid groups (broad SMARTS) is 1. The van der Waals surface area contributed by atoms with Crippen LogP contribution in [0.5, 0.6) is 0 Å². The maximum absolute atomic E-state index is 10.9. The number of hydrogen-bond donors (Lipinski definition) is 1. The molecule has 0 spiro atoms. The van der Waals surface area contributed by atoms with Gasteiger partial charge in [-0.1, -0.05) is 23.2 Å². The van der Waals surface area contributed by atoms with Gasteiger partial charge in [0.25, 0.3) is 5.69 Å². The zero-order valence-corrected chi connectivity index (χ0v) is 10.5. The summed E-state index contributed by atoms with van der Waals surface area (Å²) in [5.74, 6) is -1.41. The van der Waals surface area contributed by atoms with Gasteiger partial charge in [0.05, 0.1) is 20.9 Å². The molecule has 0 aliphatic carbocycles. The van der Waals surface area contributed by atoms with E-state index >= 15 is 0 Å². The quantitative estimate of drug-likeness (QED) is 0.683. The molecule has 1 aromatic rings. The van der Waals surface area contributed by atoms with E-state index in [1.165, 1.54) is 12.1 Å². The number of benzene rings is 1. The number of nitrogens with zero attached hydrogens (tertiary/aromatic N) is 2.